The van der Waals surface area contributed by atoms with E-state index >= 15 is 0 Å². The Bertz CT molecular complexity index is 286. The van der Waals surface area contributed by atoms with Crippen molar-refractivity contribution in [1.29, 1.82) is 0 Å². The van der Waals surface area contributed by atoms with Gasteiger partial charge < -0.3 is 10.6 Å². The SMILES string of the molecule is O=C1CC(NCc2cncs2)CN1. The lowest BCUT2D eigenvalue weighted by Crippen LogP contribution is -2.30. The molecule has 1 fully saturated rings. The third-order valence-electron chi connectivity index (χ3n) is 2.03. The van der Waals surface area contributed by atoms with Crippen molar-refractivity contribution in [2.45, 2.75) is 19.0 Å². The Morgan fingerprint density at radius 1 is 1.77 bits per heavy atom. The summed E-state index contributed by atoms with van der Waals surface area (Å²) in [7, 11) is 0. The van der Waals surface area contributed by atoms with Crippen LogP contribution in [-0.2, 0) is 11.3 Å². The molecule has 1 aliphatic heterocycles. The van der Waals surface area contributed by atoms with Crippen LogP contribution in [0.15, 0.2) is 11.7 Å². The number of hydrogen-bond donors (Lipinski definition) is 2. The Balaban J connectivity index is 1.77. The second kappa shape index (κ2) is 3.85. The van der Waals surface area contributed by atoms with Crippen molar-refractivity contribution in [2.75, 3.05) is 6.54 Å². The maximum Gasteiger partial charge on any atom is 0.221 e. The standard InChI is InChI=1S/C8H11N3OS/c12-8-1-6(2-11-8)10-4-7-3-9-5-13-7/h3,5-6,10H,1-2,4H2,(H,11,12). The van der Waals surface area contributed by atoms with Gasteiger partial charge in [0.1, 0.15) is 0 Å². The number of rotatable bonds is 3. The normalized spacial score (nSPS) is 21.8. The van der Waals surface area contributed by atoms with Crippen molar-refractivity contribution in [3.05, 3.63) is 16.6 Å². The molecule has 70 valence electrons. The third-order valence-corrected chi connectivity index (χ3v) is 2.81. The number of hydrogen-bond acceptors (Lipinski definition) is 4. The van der Waals surface area contributed by atoms with Crippen LogP contribution in [0.5, 0.6) is 0 Å². The van der Waals surface area contributed by atoms with Gasteiger partial charge in [-0.05, 0) is 0 Å². The number of thiazole rings is 1. The average molecular weight is 197 g/mol. The highest BCUT2D eigenvalue weighted by molar-refractivity contribution is 7.09. The molecule has 1 aromatic heterocycles. The molecule has 0 aromatic carbocycles. The van der Waals surface area contributed by atoms with Gasteiger partial charge in [-0.3, -0.25) is 9.78 Å². The van der Waals surface area contributed by atoms with Crippen LogP contribution in [-0.4, -0.2) is 23.5 Å². The number of aromatic nitrogens is 1. The van der Waals surface area contributed by atoms with Gasteiger partial charge in [0.25, 0.3) is 0 Å². The lowest BCUT2D eigenvalue weighted by atomic mass is 10.2. The van der Waals surface area contributed by atoms with Crippen LogP contribution in [0.3, 0.4) is 0 Å². The van der Waals surface area contributed by atoms with E-state index in [1.807, 2.05) is 11.7 Å². The molecule has 2 N–H and O–H groups in total. The van der Waals surface area contributed by atoms with Crippen molar-refractivity contribution in [3.63, 3.8) is 0 Å². The van der Waals surface area contributed by atoms with Crippen LogP contribution in [0.4, 0.5) is 0 Å². The van der Waals surface area contributed by atoms with Gasteiger partial charge in [0.2, 0.25) is 5.91 Å². The van der Waals surface area contributed by atoms with Gasteiger partial charge >= 0.3 is 0 Å². The fourth-order valence-corrected chi connectivity index (χ4v) is 1.87. The smallest absolute Gasteiger partial charge is 0.221 e. The molecule has 13 heavy (non-hydrogen) atoms. The van der Waals surface area contributed by atoms with Gasteiger partial charge in [-0.15, -0.1) is 11.3 Å². The molecule has 1 unspecified atom stereocenters. The molecule has 1 amide bonds. The average Bonchev–Trinajstić information content (AvgIpc) is 2.71. The van der Waals surface area contributed by atoms with Crippen molar-refractivity contribution < 1.29 is 4.79 Å². The largest absolute Gasteiger partial charge is 0.354 e. The van der Waals surface area contributed by atoms with Crippen LogP contribution in [0, 0.1) is 0 Å². The summed E-state index contributed by atoms with van der Waals surface area (Å²) in [4.78, 5) is 16.0. The van der Waals surface area contributed by atoms with Gasteiger partial charge in [0.15, 0.2) is 0 Å². The first-order chi connectivity index (χ1) is 6.34. The van der Waals surface area contributed by atoms with E-state index in [1.54, 1.807) is 11.3 Å². The molecule has 0 saturated carbocycles. The number of nitrogens with zero attached hydrogens (tertiary/aromatic N) is 1. The Kier molecular flexibility index (Phi) is 2.56. The predicted octanol–water partition coefficient (Wildman–Crippen LogP) is 0.121. The summed E-state index contributed by atoms with van der Waals surface area (Å²) in [6.07, 6.45) is 2.45. The van der Waals surface area contributed by atoms with E-state index in [2.05, 4.69) is 15.6 Å². The summed E-state index contributed by atoms with van der Waals surface area (Å²) in [5.74, 6) is 0.141. The van der Waals surface area contributed by atoms with Crippen molar-refractivity contribution >= 4 is 17.2 Å². The first-order valence-electron chi connectivity index (χ1n) is 4.22. The fourth-order valence-electron chi connectivity index (χ4n) is 1.32. The molecule has 0 aliphatic carbocycles. The molecule has 0 spiro atoms. The molecule has 2 rings (SSSR count). The summed E-state index contributed by atoms with van der Waals surface area (Å²) in [5.41, 5.74) is 1.81. The monoisotopic (exact) mass is 197 g/mol. The van der Waals surface area contributed by atoms with Crippen molar-refractivity contribution in [1.82, 2.24) is 15.6 Å². The van der Waals surface area contributed by atoms with Crippen molar-refractivity contribution in [2.24, 2.45) is 0 Å². The van der Waals surface area contributed by atoms with E-state index in [0.717, 1.165) is 13.1 Å². The third kappa shape index (κ3) is 2.26. The molecular formula is C8H11N3OS. The summed E-state index contributed by atoms with van der Waals surface area (Å²) in [5, 5.41) is 6.09. The van der Waals surface area contributed by atoms with Gasteiger partial charge in [-0.25, -0.2) is 0 Å². The molecule has 1 atom stereocenters. The topological polar surface area (TPSA) is 54.0 Å². The lowest BCUT2D eigenvalue weighted by molar-refractivity contribution is -0.119. The number of nitrogens with one attached hydrogen (secondary N) is 2. The molecule has 1 aromatic rings. The molecule has 1 saturated heterocycles. The van der Waals surface area contributed by atoms with Crippen LogP contribution in [0.1, 0.15) is 11.3 Å². The highest BCUT2D eigenvalue weighted by Crippen LogP contribution is 2.06. The summed E-state index contributed by atoms with van der Waals surface area (Å²) in [6.45, 7) is 1.56. The van der Waals surface area contributed by atoms with E-state index < -0.39 is 0 Å². The zero-order valence-electron chi connectivity index (χ0n) is 7.12. The number of amides is 1. The second-order valence-corrected chi connectivity index (χ2v) is 4.02. The van der Waals surface area contributed by atoms with E-state index in [0.29, 0.717) is 6.42 Å². The van der Waals surface area contributed by atoms with Gasteiger partial charge in [0, 0.05) is 36.6 Å². The Morgan fingerprint density at radius 2 is 2.69 bits per heavy atom. The minimum absolute atomic E-state index is 0.141. The second-order valence-electron chi connectivity index (χ2n) is 3.05. The van der Waals surface area contributed by atoms with Crippen LogP contribution in [0.2, 0.25) is 0 Å². The first-order valence-corrected chi connectivity index (χ1v) is 5.10. The summed E-state index contributed by atoms with van der Waals surface area (Å²) < 4.78 is 0. The van der Waals surface area contributed by atoms with Gasteiger partial charge in [-0.2, -0.15) is 0 Å². The molecular weight excluding hydrogens is 186 g/mol. The number of carbonyl (C=O) groups excluding carboxylic acids is 1. The maximum absolute atomic E-state index is 10.9. The molecule has 4 nitrogen and oxygen atoms in total. The molecule has 0 radical (unpaired) electrons. The number of carbonyl (C=O) groups is 1. The van der Waals surface area contributed by atoms with Gasteiger partial charge in [-0.1, -0.05) is 0 Å². The van der Waals surface area contributed by atoms with Crippen molar-refractivity contribution in [3.8, 4) is 0 Å². The first kappa shape index (κ1) is 8.65. The predicted molar refractivity (Wildman–Crippen MR) is 50.4 cm³/mol. The van der Waals surface area contributed by atoms with Crippen LogP contribution >= 0.6 is 11.3 Å². The van der Waals surface area contributed by atoms with Gasteiger partial charge in [0.05, 0.1) is 5.51 Å². The summed E-state index contributed by atoms with van der Waals surface area (Å²) >= 11 is 1.63. The zero-order valence-corrected chi connectivity index (χ0v) is 7.93. The minimum atomic E-state index is 0.141. The summed E-state index contributed by atoms with van der Waals surface area (Å²) in [6, 6.07) is 0.287. The highest BCUT2D eigenvalue weighted by Gasteiger charge is 2.20. The highest BCUT2D eigenvalue weighted by atomic mass is 32.1. The molecule has 1 aliphatic rings. The van der Waals surface area contributed by atoms with E-state index in [4.69, 9.17) is 0 Å². The van der Waals surface area contributed by atoms with E-state index in [1.165, 1.54) is 4.88 Å². The van der Waals surface area contributed by atoms with E-state index in [-0.39, 0.29) is 11.9 Å². The zero-order chi connectivity index (χ0) is 9.10. The Hall–Kier alpha value is -0.940. The quantitative estimate of drug-likeness (QED) is 0.723. The Labute approximate surface area is 80.4 Å². The van der Waals surface area contributed by atoms with Crippen LogP contribution < -0.4 is 10.6 Å². The molecule has 5 heteroatoms. The lowest BCUT2D eigenvalue weighted by Gasteiger charge is -2.07. The molecule has 2 heterocycles. The Morgan fingerprint density at radius 3 is 3.31 bits per heavy atom. The van der Waals surface area contributed by atoms with E-state index in [9.17, 15) is 4.79 Å². The molecule has 0 bridgehead atoms. The maximum atomic E-state index is 10.9. The minimum Gasteiger partial charge on any atom is -0.354 e. The van der Waals surface area contributed by atoms with Crippen LogP contribution in [0.25, 0.3) is 0 Å². The fraction of sp³-hybridized carbons (Fsp3) is 0.500.